The van der Waals surface area contributed by atoms with Crippen LogP contribution in [0.25, 0.3) is 0 Å². The molecule has 6 nitrogen and oxygen atoms in total. The van der Waals surface area contributed by atoms with Crippen LogP contribution in [-0.4, -0.2) is 51.0 Å². The molecular weight excluding hydrogens is 290 g/mol. The standard InChI is InChI=1S/C14H23N3O3S/c1-17(2)21(18,19)13-6-7-14(16-11-13)20-10-8-12-5-3-4-9-15-12/h6-7,11-12,15H,3-5,8-10H2,1-2H3. The van der Waals surface area contributed by atoms with Gasteiger partial charge in [-0.2, -0.15) is 0 Å². The Morgan fingerprint density at radius 2 is 2.19 bits per heavy atom. The number of hydrogen-bond donors (Lipinski definition) is 1. The first-order valence-corrected chi connectivity index (χ1v) is 8.69. The fourth-order valence-electron chi connectivity index (χ4n) is 2.29. The van der Waals surface area contributed by atoms with Crippen molar-refractivity contribution in [1.29, 1.82) is 0 Å². The zero-order chi connectivity index (χ0) is 15.3. The Kier molecular flexibility index (Phi) is 5.55. The molecule has 1 fully saturated rings. The van der Waals surface area contributed by atoms with Crippen LogP contribution in [0.4, 0.5) is 0 Å². The van der Waals surface area contributed by atoms with Crippen LogP contribution in [0.1, 0.15) is 25.7 Å². The Labute approximate surface area is 126 Å². The molecule has 2 heterocycles. The summed E-state index contributed by atoms with van der Waals surface area (Å²) >= 11 is 0. The third-order valence-corrected chi connectivity index (χ3v) is 5.42. The van der Waals surface area contributed by atoms with E-state index in [0.29, 0.717) is 18.5 Å². The second kappa shape index (κ2) is 7.20. The number of piperidine rings is 1. The molecule has 1 aliphatic rings. The number of rotatable bonds is 6. The summed E-state index contributed by atoms with van der Waals surface area (Å²) in [6, 6.07) is 3.65. The van der Waals surface area contributed by atoms with E-state index < -0.39 is 10.0 Å². The van der Waals surface area contributed by atoms with Crippen molar-refractivity contribution in [1.82, 2.24) is 14.6 Å². The zero-order valence-electron chi connectivity index (χ0n) is 12.6. The lowest BCUT2D eigenvalue weighted by molar-refractivity contribution is 0.260. The average molecular weight is 313 g/mol. The first kappa shape index (κ1) is 16.2. The van der Waals surface area contributed by atoms with Crippen molar-refractivity contribution in [2.45, 2.75) is 36.6 Å². The van der Waals surface area contributed by atoms with Crippen molar-refractivity contribution in [3.05, 3.63) is 18.3 Å². The van der Waals surface area contributed by atoms with E-state index in [1.165, 1.54) is 49.9 Å². The van der Waals surface area contributed by atoms with Gasteiger partial charge in [0, 0.05) is 26.2 Å². The van der Waals surface area contributed by atoms with Crippen LogP contribution < -0.4 is 10.1 Å². The first-order valence-electron chi connectivity index (χ1n) is 7.25. The fourth-order valence-corrected chi connectivity index (χ4v) is 3.14. The number of sulfonamides is 1. The minimum absolute atomic E-state index is 0.175. The molecule has 1 atom stereocenters. The van der Waals surface area contributed by atoms with Gasteiger partial charge < -0.3 is 10.1 Å². The van der Waals surface area contributed by atoms with Crippen LogP contribution in [0.15, 0.2) is 23.2 Å². The third kappa shape index (κ3) is 4.39. The van der Waals surface area contributed by atoms with Gasteiger partial charge in [0.05, 0.1) is 12.8 Å². The molecule has 1 saturated heterocycles. The number of pyridine rings is 1. The number of aromatic nitrogens is 1. The monoisotopic (exact) mass is 313 g/mol. The predicted octanol–water partition coefficient (Wildman–Crippen LogP) is 1.24. The summed E-state index contributed by atoms with van der Waals surface area (Å²) in [5.41, 5.74) is 0. The van der Waals surface area contributed by atoms with Crippen LogP contribution in [0.2, 0.25) is 0 Å². The molecule has 1 unspecified atom stereocenters. The highest BCUT2D eigenvalue weighted by Gasteiger charge is 2.17. The van der Waals surface area contributed by atoms with Gasteiger partial charge in [0.25, 0.3) is 0 Å². The molecule has 0 saturated carbocycles. The molecule has 0 aromatic carbocycles. The molecular formula is C14H23N3O3S. The van der Waals surface area contributed by atoms with E-state index in [4.69, 9.17) is 4.74 Å². The summed E-state index contributed by atoms with van der Waals surface area (Å²) in [6.45, 7) is 1.67. The molecule has 2 rings (SSSR count). The summed E-state index contributed by atoms with van der Waals surface area (Å²) in [5.74, 6) is 0.462. The maximum absolute atomic E-state index is 11.9. The van der Waals surface area contributed by atoms with E-state index in [1.54, 1.807) is 6.07 Å². The number of nitrogens with one attached hydrogen (secondary N) is 1. The zero-order valence-corrected chi connectivity index (χ0v) is 13.4. The van der Waals surface area contributed by atoms with Gasteiger partial charge in [0.1, 0.15) is 4.90 Å². The van der Waals surface area contributed by atoms with Gasteiger partial charge in [-0.25, -0.2) is 17.7 Å². The molecule has 118 valence electrons. The average Bonchev–Trinajstić information content (AvgIpc) is 2.49. The summed E-state index contributed by atoms with van der Waals surface area (Å²) in [4.78, 5) is 4.24. The Balaban J connectivity index is 1.85. The molecule has 0 radical (unpaired) electrons. The van der Waals surface area contributed by atoms with Gasteiger partial charge in [-0.05, 0) is 31.9 Å². The smallest absolute Gasteiger partial charge is 0.244 e. The lowest BCUT2D eigenvalue weighted by atomic mass is 10.0. The second-order valence-corrected chi connectivity index (χ2v) is 7.56. The maximum Gasteiger partial charge on any atom is 0.244 e. The molecule has 7 heteroatoms. The predicted molar refractivity (Wildman–Crippen MR) is 80.9 cm³/mol. The SMILES string of the molecule is CN(C)S(=O)(=O)c1ccc(OCCC2CCCCN2)nc1. The van der Waals surface area contributed by atoms with Crippen molar-refractivity contribution in [2.24, 2.45) is 0 Å². The second-order valence-electron chi connectivity index (χ2n) is 5.40. The number of hydrogen-bond acceptors (Lipinski definition) is 5. The van der Waals surface area contributed by atoms with E-state index in [1.807, 2.05) is 0 Å². The Morgan fingerprint density at radius 1 is 1.38 bits per heavy atom. The lowest BCUT2D eigenvalue weighted by Gasteiger charge is -2.23. The Hall–Kier alpha value is -1.18. The van der Waals surface area contributed by atoms with Crippen LogP contribution in [0.5, 0.6) is 5.88 Å². The largest absolute Gasteiger partial charge is 0.478 e. The number of ether oxygens (including phenoxy) is 1. The van der Waals surface area contributed by atoms with Gasteiger partial charge >= 0.3 is 0 Å². The quantitative estimate of drug-likeness (QED) is 0.855. The van der Waals surface area contributed by atoms with Gasteiger partial charge in [-0.15, -0.1) is 0 Å². The van der Waals surface area contributed by atoms with Crippen molar-refractivity contribution in [3.63, 3.8) is 0 Å². The van der Waals surface area contributed by atoms with Crippen molar-refractivity contribution in [3.8, 4) is 5.88 Å². The molecule has 1 aromatic heterocycles. The van der Waals surface area contributed by atoms with E-state index >= 15 is 0 Å². The molecule has 1 aromatic rings. The summed E-state index contributed by atoms with van der Waals surface area (Å²) in [6.07, 6.45) is 5.99. The van der Waals surface area contributed by atoms with Crippen LogP contribution in [-0.2, 0) is 10.0 Å². The topological polar surface area (TPSA) is 71.5 Å². The highest BCUT2D eigenvalue weighted by atomic mass is 32.2. The van der Waals surface area contributed by atoms with Crippen LogP contribution in [0.3, 0.4) is 0 Å². The first-order chi connectivity index (χ1) is 10.00. The van der Waals surface area contributed by atoms with Gasteiger partial charge in [-0.3, -0.25) is 0 Å². The van der Waals surface area contributed by atoms with Crippen molar-refractivity contribution < 1.29 is 13.2 Å². The van der Waals surface area contributed by atoms with Crippen LogP contribution in [0, 0.1) is 0 Å². The van der Waals surface area contributed by atoms with E-state index in [2.05, 4.69) is 10.3 Å². The normalized spacial score (nSPS) is 19.7. The molecule has 0 bridgehead atoms. The molecule has 0 amide bonds. The molecule has 1 aliphatic heterocycles. The lowest BCUT2D eigenvalue weighted by Crippen LogP contribution is -2.35. The fraction of sp³-hybridized carbons (Fsp3) is 0.643. The summed E-state index contributed by atoms with van der Waals surface area (Å²) in [5, 5.41) is 3.46. The van der Waals surface area contributed by atoms with Crippen LogP contribution >= 0.6 is 0 Å². The van der Waals surface area contributed by atoms with Gasteiger partial charge in [-0.1, -0.05) is 6.42 Å². The van der Waals surface area contributed by atoms with E-state index in [0.717, 1.165) is 13.0 Å². The van der Waals surface area contributed by atoms with Gasteiger partial charge in [0.2, 0.25) is 15.9 Å². The Morgan fingerprint density at radius 3 is 2.76 bits per heavy atom. The molecule has 0 spiro atoms. The highest BCUT2D eigenvalue weighted by molar-refractivity contribution is 7.89. The summed E-state index contributed by atoms with van der Waals surface area (Å²) in [7, 11) is -0.432. The summed E-state index contributed by atoms with van der Waals surface area (Å²) < 4.78 is 30.5. The maximum atomic E-state index is 11.9. The molecule has 0 aliphatic carbocycles. The van der Waals surface area contributed by atoms with Crippen molar-refractivity contribution >= 4 is 10.0 Å². The molecule has 1 N–H and O–H groups in total. The minimum Gasteiger partial charge on any atom is -0.478 e. The third-order valence-electron chi connectivity index (χ3n) is 3.62. The van der Waals surface area contributed by atoms with Crippen molar-refractivity contribution in [2.75, 3.05) is 27.2 Å². The number of nitrogens with zero attached hydrogens (tertiary/aromatic N) is 2. The van der Waals surface area contributed by atoms with Gasteiger partial charge in [0.15, 0.2) is 0 Å². The highest BCUT2D eigenvalue weighted by Crippen LogP contribution is 2.16. The Bertz CT molecular complexity index is 537. The van der Waals surface area contributed by atoms with E-state index in [-0.39, 0.29) is 4.90 Å². The molecule has 21 heavy (non-hydrogen) atoms. The van der Waals surface area contributed by atoms with E-state index in [9.17, 15) is 8.42 Å². The minimum atomic E-state index is -3.43.